The van der Waals surface area contributed by atoms with E-state index in [9.17, 15) is 9.18 Å². The van der Waals surface area contributed by atoms with Crippen LogP contribution in [0.4, 0.5) is 14.9 Å². The minimum Gasteiger partial charge on any atom is -0.444 e. The molecule has 1 saturated heterocycles. The second-order valence-corrected chi connectivity index (χ2v) is 12.7. The Bertz CT molecular complexity index is 1710. The molecule has 4 aromatic rings. The van der Waals surface area contributed by atoms with E-state index in [2.05, 4.69) is 21.0 Å². The van der Waals surface area contributed by atoms with Crippen LogP contribution in [0.1, 0.15) is 34.6 Å². The van der Waals surface area contributed by atoms with Crippen LogP contribution in [0.25, 0.3) is 22.0 Å². The fourth-order valence-electron chi connectivity index (χ4n) is 5.15. The number of pyridine rings is 2. The number of rotatable bonds is 3. The first-order valence-electron chi connectivity index (χ1n) is 13.7. The van der Waals surface area contributed by atoms with Gasteiger partial charge in [0.25, 0.3) is 0 Å². The number of carbonyl (C=O) groups excluding carboxylic acids is 1. The van der Waals surface area contributed by atoms with Crippen molar-refractivity contribution in [1.82, 2.24) is 24.2 Å². The summed E-state index contributed by atoms with van der Waals surface area (Å²) < 4.78 is 23.2. The summed E-state index contributed by atoms with van der Waals surface area (Å²) in [6.07, 6.45) is 6.49. The Hall–Kier alpha value is -4.19. The molecule has 0 radical (unpaired) electrons. The van der Waals surface area contributed by atoms with Gasteiger partial charge in [0.1, 0.15) is 5.60 Å². The highest BCUT2D eigenvalue weighted by Crippen LogP contribution is 2.29. The number of hydrogen-bond acceptors (Lipinski definition) is 8. The molecule has 0 spiro atoms. The van der Waals surface area contributed by atoms with Gasteiger partial charge < -0.3 is 9.64 Å². The average molecular weight is 591 g/mol. The van der Waals surface area contributed by atoms with Gasteiger partial charge in [-0.25, -0.2) is 9.18 Å². The third kappa shape index (κ3) is 6.18. The zero-order valence-electron chi connectivity index (χ0n) is 24.6. The van der Waals surface area contributed by atoms with Gasteiger partial charge in [-0.2, -0.15) is 5.10 Å². The minimum absolute atomic E-state index is 0.00554. The molecule has 0 aliphatic carbocycles. The van der Waals surface area contributed by atoms with Crippen molar-refractivity contribution in [3.05, 3.63) is 66.4 Å². The topological polar surface area (TPSA) is 116 Å². The van der Waals surface area contributed by atoms with E-state index in [4.69, 9.17) is 15.6 Å². The highest BCUT2D eigenvalue weighted by Gasteiger charge is 2.35. The highest BCUT2D eigenvalue weighted by atomic mass is 32.2. The number of carbonyl (C=O) groups is 1. The van der Waals surface area contributed by atoms with E-state index in [-0.39, 0.29) is 23.3 Å². The quantitative estimate of drug-likeness (QED) is 0.186. The molecule has 1 aliphatic rings. The lowest BCUT2D eigenvalue weighted by Crippen LogP contribution is -2.59. The Labute approximate surface area is 248 Å². The van der Waals surface area contributed by atoms with Crippen molar-refractivity contribution < 1.29 is 13.9 Å². The Balaban J connectivity index is 1.36. The third-order valence-electron chi connectivity index (χ3n) is 7.02. The van der Waals surface area contributed by atoms with Crippen molar-refractivity contribution in [1.29, 1.82) is 10.8 Å². The molecule has 1 aromatic carbocycles. The van der Waals surface area contributed by atoms with E-state index in [1.807, 2.05) is 59.0 Å². The number of amides is 1. The number of halogens is 1. The molecule has 0 unspecified atom stereocenters. The van der Waals surface area contributed by atoms with E-state index in [1.165, 1.54) is 10.6 Å². The smallest absolute Gasteiger partial charge is 0.410 e. The van der Waals surface area contributed by atoms with Crippen LogP contribution in [0.15, 0.2) is 60.0 Å². The van der Waals surface area contributed by atoms with Crippen LogP contribution < -0.4 is 10.4 Å². The summed E-state index contributed by atoms with van der Waals surface area (Å²) in [5.41, 5.74) is 2.03. The van der Waals surface area contributed by atoms with Crippen LogP contribution in [-0.2, 0) is 11.8 Å². The van der Waals surface area contributed by atoms with Gasteiger partial charge >= 0.3 is 6.09 Å². The van der Waals surface area contributed by atoms with Gasteiger partial charge in [0.05, 0.1) is 35.7 Å². The fraction of sp³-hybridized carbons (Fsp3) is 0.367. The maximum absolute atomic E-state index is 14.7. The van der Waals surface area contributed by atoms with Crippen LogP contribution in [0.5, 0.6) is 0 Å². The van der Waals surface area contributed by atoms with E-state index in [0.29, 0.717) is 24.2 Å². The first-order valence-corrected chi connectivity index (χ1v) is 14.5. The number of aryl methyl sites for hydroxylation is 1. The molecular weight excluding hydrogens is 555 g/mol. The molecule has 5 rings (SSSR count). The zero-order chi connectivity index (χ0) is 30.3. The van der Waals surface area contributed by atoms with Crippen molar-refractivity contribution in [3.8, 4) is 11.1 Å². The van der Waals surface area contributed by atoms with Crippen LogP contribution in [0, 0.1) is 16.6 Å². The third-order valence-corrected chi connectivity index (χ3v) is 7.90. The fourth-order valence-corrected chi connectivity index (χ4v) is 5.94. The van der Waals surface area contributed by atoms with Gasteiger partial charge in [-0.05, 0) is 65.0 Å². The lowest BCUT2D eigenvalue weighted by molar-refractivity contribution is 0.00566. The molecule has 0 bridgehead atoms. The number of fused-ring (bicyclic) bond motifs is 1. The van der Waals surface area contributed by atoms with Crippen LogP contribution >= 0.6 is 11.8 Å². The molecule has 2 atom stereocenters. The highest BCUT2D eigenvalue weighted by molar-refractivity contribution is 8.13. The zero-order valence-corrected chi connectivity index (χ0v) is 25.4. The number of nitrogens with zero attached hydrogens (tertiary/aromatic N) is 6. The number of thioether (sulfide) groups is 1. The van der Waals surface area contributed by atoms with Crippen molar-refractivity contribution in [2.75, 3.05) is 18.0 Å². The number of ether oxygens (including phenoxy) is 1. The molecule has 1 aliphatic heterocycles. The predicted octanol–water partition coefficient (Wildman–Crippen LogP) is 5.46. The van der Waals surface area contributed by atoms with Gasteiger partial charge in [-0.15, -0.1) is 0 Å². The number of piperazine rings is 1. The number of aromatic nitrogens is 4. The Morgan fingerprint density at radius 2 is 1.79 bits per heavy atom. The molecule has 3 aromatic heterocycles. The maximum atomic E-state index is 14.7. The maximum Gasteiger partial charge on any atom is 0.410 e. The number of nitrogens with one attached hydrogen (secondary N) is 2. The molecule has 10 nitrogen and oxygen atoms in total. The number of hydrogen-bond donors (Lipinski definition) is 2. The van der Waals surface area contributed by atoms with Crippen LogP contribution in [-0.4, -0.2) is 66.3 Å². The predicted molar refractivity (Wildman–Crippen MR) is 162 cm³/mol. The lowest BCUT2D eigenvalue weighted by Gasteiger charge is -2.45. The van der Waals surface area contributed by atoms with Crippen molar-refractivity contribution >= 4 is 39.6 Å². The molecular formula is C30H35FN8O2S. The summed E-state index contributed by atoms with van der Waals surface area (Å²) in [7, 11) is 1.77. The van der Waals surface area contributed by atoms with Gasteiger partial charge in [-0.1, -0.05) is 11.8 Å². The van der Waals surface area contributed by atoms with Gasteiger partial charge in [0, 0.05) is 53.9 Å². The van der Waals surface area contributed by atoms with E-state index >= 15 is 0 Å². The molecule has 1 amide bonds. The summed E-state index contributed by atoms with van der Waals surface area (Å²) in [5, 5.41) is 21.9. The van der Waals surface area contributed by atoms with Gasteiger partial charge in [-0.3, -0.25) is 30.0 Å². The summed E-state index contributed by atoms with van der Waals surface area (Å²) in [6.45, 7) is 10.9. The second-order valence-electron chi connectivity index (χ2n) is 11.6. The molecule has 0 saturated carbocycles. The van der Waals surface area contributed by atoms with Crippen LogP contribution in [0.3, 0.4) is 0 Å². The minimum atomic E-state index is -0.718. The first-order chi connectivity index (χ1) is 19.8. The Morgan fingerprint density at radius 1 is 1.07 bits per heavy atom. The van der Waals surface area contributed by atoms with Gasteiger partial charge in [0.15, 0.2) is 16.5 Å². The standard InChI is InChI=1S/C30H35FN8O2S/c1-18-14-37(15-19(2)39(18)29(40)41-30(3,4)5)23-9-20-10-24(7-8-26(20)34-13-23)42-28(33)38-17-21(11-25(31)27(38)32)22-12-35-36(6)16-22/h7-13,16-19,32-33H,14-15H2,1-6H3/t18-,19+. The number of anilines is 1. The average Bonchev–Trinajstić information content (AvgIpc) is 3.34. The van der Waals surface area contributed by atoms with E-state index in [1.54, 1.807) is 35.2 Å². The van der Waals surface area contributed by atoms with Crippen molar-refractivity contribution in [2.24, 2.45) is 7.05 Å². The Morgan fingerprint density at radius 3 is 2.43 bits per heavy atom. The number of benzene rings is 1. The molecule has 42 heavy (non-hydrogen) atoms. The largest absolute Gasteiger partial charge is 0.444 e. The van der Waals surface area contributed by atoms with Crippen LogP contribution in [0.2, 0.25) is 0 Å². The molecule has 4 heterocycles. The SMILES string of the molecule is C[C@@H]1CN(c2cnc3ccc(SC(=N)n4cc(-c5cnn(C)c5)cc(F)c4=N)cc3c2)C[C@H](C)N1C(=O)OC(C)(C)C. The second kappa shape index (κ2) is 11.2. The first kappa shape index (κ1) is 29.3. The van der Waals surface area contributed by atoms with E-state index in [0.717, 1.165) is 33.2 Å². The summed E-state index contributed by atoms with van der Waals surface area (Å²) in [5.74, 6) is -0.718. The normalized spacial score (nSPS) is 17.5. The summed E-state index contributed by atoms with van der Waals surface area (Å²) >= 11 is 1.13. The van der Waals surface area contributed by atoms with Crippen molar-refractivity contribution in [2.45, 2.75) is 57.2 Å². The molecule has 1 fully saturated rings. The van der Waals surface area contributed by atoms with Crippen molar-refractivity contribution in [3.63, 3.8) is 0 Å². The molecule has 2 N–H and O–H groups in total. The molecule has 12 heteroatoms. The Kier molecular flexibility index (Phi) is 7.84. The molecule has 220 valence electrons. The lowest BCUT2D eigenvalue weighted by atomic mass is 10.1. The summed E-state index contributed by atoms with van der Waals surface area (Å²) in [6, 6.07) is 8.93. The van der Waals surface area contributed by atoms with Gasteiger partial charge in [0.2, 0.25) is 0 Å². The monoisotopic (exact) mass is 590 g/mol. The summed E-state index contributed by atoms with van der Waals surface area (Å²) in [4.78, 5) is 22.3. The van der Waals surface area contributed by atoms with E-state index < -0.39 is 16.9 Å².